The summed E-state index contributed by atoms with van der Waals surface area (Å²) in [6.45, 7) is 5.60. The van der Waals surface area contributed by atoms with E-state index >= 15 is 0 Å². The fourth-order valence-corrected chi connectivity index (χ4v) is 0.858. The average Bonchev–Trinajstić information content (AvgIpc) is 1.99. The lowest BCUT2D eigenvalue weighted by Crippen LogP contribution is -2.30. The number of hydrogen-bond acceptors (Lipinski definition) is 1. The molecule has 0 saturated heterocycles. The number of nitrogens with zero attached hydrogens (tertiary/aromatic N) is 1. The molecule has 0 bridgehead atoms. The Morgan fingerprint density at radius 3 is 2.40 bits per heavy atom. The molecule has 0 aromatic heterocycles. The molecule has 0 aliphatic heterocycles. The molecule has 3 heteroatoms. The van der Waals surface area contributed by atoms with Crippen molar-refractivity contribution in [1.82, 2.24) is 4.90 Å². The lowest BCUT2D eigenvalue weighted by molar-refractivity contribution is -0.128. The van der Waals surface area contributed by atoms with Crippen LogP contribution in [0.4, 0.5) is 0 Å². The minimum Gasteiger partial charge on any atom is -0.344 e. The van der Waals surface area contributed by atoms with Crippen LogP contribution in [0.25, 0.3) is 0 Å². The number of carbonyl (C=O) groups excluding carboxylic acids is 1. The van der Waals surface area contributed by atoms with E-state index < -0.39 is 0 Å². The van der Waals surface area contributed by atoms with Crippen LogP contribution in [-0.4, -0.2) is 31.7 Å². The molecule has 0 saturated carbocycles. The van der Waals surface area contributed by atoms with Crippen LogP contribution in [0, 0.1) is 0 Å². The van der Waals surface area contributed by atoms with E-state index in [0.717, 1.165) is 19.5 Å². The van der Waals surface area contributed by atoms with Crippen LogP contribution < -0.4 is 0 Å². The normalized spacial score (nSPS) is 9.40. The van der Waals surface area contributed by atoms with Crippen molar-refractivity contribution < 1.29 is 4.79 Å². The van der Waals surface area contributed by atoms with Crippen LogP contribution in [0.2, 0.25) is 6.32 Å². The van der Waals surface area contributed by atoms with Crippen molar-refractivity contribution in [3.05, 3.63) is 0 Å². The first-order chi connectivity index (χ1) is 4.76. The van der Waals surface area contributed by atoms with Gasteiger partial charge in [0, 0.05) is 13.1 Å². The maximum Gasteiger partial charge on any atom is 0.213 e. The second kappa shape index (κ2) is 5.33. The summed E-state index contributed by atoms with van der Waals surface area (Å²) >= 11 is 0. The molecular weight excluding hydrogens is 125 g/mol. The summed E-state index contributed by atoms with van der Waals surface area (Å²) in [5.74, 6) is 0.0457. The number of hydrogen-bond donors (Lipinski definition) is 0. The zero-order valence-electron chi connectivity index (χ0n) is 6.76. The first-order valence-electron chi connectivity index (χ1n) is 3.74. The zero-order valence-corrected chi connectivity index (χ0v) is 6.76. The van der Waals surface area contributed by atoms with Gasteiger partial charge in [-0.3, -0.25) is 4.79 Å². The Kier molecular flexibility index (Phi) is 5.08. The van der Waals surface area contributed by atoms with Crippen LogP contribution >= 0.6 is 0 Å². The molecule has 0 fully saturated rings. The minimum atomic E-state index is 0.0457. The monoisotopic (exact) mass is 139 g/mol. The van der Waals surface area contributed by atoms with Crippen molar-refractivity contribution in [2.45, 2.75) is 26.6 Å². The van der Waals surface area contributed by atoms with Gasteiger partial charge in [-0.15, -0.1) is 0 Å². The van der Waals surface area contributed by atoms with Crippen LogP contribution in [0.5, 0.6) is 0 Å². The van der Waals surface area contributed by atoms with Gasteiger partial charge in [0.15, 0.2) is 0 Å². The predicted molar refractivity (Wildman–Crippen MR) is 43.1 cm³/mol. The second-order valence-corrected chi connectivity index (χ2v) is 2.18. The number of rotatable bonds is 4. The smallest absolute Gasteiger partial charge is 0.213 e. The highest BCUT2D eigenvalue weighted by molar-refractivity contribution is 6.19. The Labute approximate surface area is 64.0 Å². The molecule has 0 aromatic carbocycles. The third kappa shape index (κ3) is 2.90. The largest absolute Gasteiger partial charge is 0.344 e. The zero-order chi connectivity index (χ0) is 7.98. The van der Waals surface area contributed by atoms with E-state index in [1.54, 1.807) is 4.90 Å². The Hall–Kier alpha value is -0.465. The number of carbonyl (C=O) groups is 1. The van der Waals surface area contributed by atoms with Crippen molar-refractivity contribution in [3.63, 3.8) is 0 Å². The van der Waals surface area contributed by atoms with Crippen LogP contribution in [0.1, 0.15) is 20.3 Å². The maximum atomic E-state index is 10.9. The summed E-state index contributed by atoms with van der Waals surface area (Å²) in [5.41, 5.74) is 0. The standard InChI is InChI=1S/C7H14BNO/c1-3-5-9(4-2)7(10)6-8/h3-6H2,1-2H3. The predicted octanol–water partition coefficient (Wildman–Crippen LogP) is 0.832. The summed E-state index contributed by atoms with van der Waals surface area (Å²) in [6, 6.07) is 0. The van der Waals surface area contributed by atoms with Crippen molar-refractivity contribution in [1.29, 1.82) is 0 Å². The molecule has 1 amide bonds. The first-order valence-corrected chi connectivity index (χ1v) is 3.74. The Morgan fingerprint density at radius 1 is 1.50 bits per heavy atom. The van der Waals surface area contributed by atoms with Gasteiger partial charge < -0.3 is 4.90 Å². The van der Waals surface area contributed by atoms with Gasteiger partial charge in [0.25, 0.3) is 0 Å². The Bertz CT molecular complexity index is 106. The van der Waals surface area contributed by atoms with Crippen LogP contribution in [0.3, 0.4) is 0 Å². The summed E-state index contributed by atoms with van der Waals surface area (Å²) in [6.07, 6.45) is 1.13. The molecule has 0 heterocycles. The SMILES string of the molecule is [B]CC(=O)N(CC)CCC. The maximum absolute atomic E-state index is 10.9. The number of amides is 1. The van der Waals surface area contributed by atoms with Crippen molar-refractivity contribution in [2.24, 2.45) is 0 Å². The van der Waals surface area contributed by atoms with E-state index in [2.05, 4.69) is 0 Å². The van der Waals surface area contributed by atoms with Gasteiger partial charge in [-0.1, -0.05) is 6.92 Å². The van der Waals surface area contributed by atoms with Crippen molar-refractivity contribution in [3.8, 4) is 0 Å². The quantitative estimate of drug-likeness (QED) is 0.528. The second-order valence-electron chi connectivity index (χ2n) is 2.18. The lowest BCUT2D eigenvalue weighted by atomic mass is 10.0. The van der Waals surface area contributed by atoms with Crippen LogP contribution in [-0.2, 0) is 4.79 Å². The Balaban J connectivity index is 3.68. The molecule has 0 atom stereocenters. The molecule has 0 aliphatic rings. The van der Waals surface area contributed by atoms with Crippen molar-refractivity contribution >= 4 is 13.8 Å². The van der Waals surface area contributed by atoms with E-state index in [-0.39, 0.29) is 12.2 Å². The highest BCUT2D eigenvalue weighted by Gasteiger charge is 2.05. The lowest BCUT2D eigenvalue weighted by Gasteiger charge is -2.18. The molecular formula is C7H14BNO. The molecule has 56 valence electrons. The van der Waals surface area contributed by atoms with Gasteiger partial charge in [0.05, 0.1) is 7.85 Å². The van der Waals surface area contributed by atoms with E-state index in [9.17, 15) is 4.79 Å². The fraction of sp³-hybridized carbons (Fsp3) is 0.857. The van der Waals surface area contributed by atoms with Gasteiger partial charge in [0.2, 0.25) is 5.91 Å². The summed E-state index contributed by atoms with van der Waals surface area (Å²) in [5, 5.41) is 0. The van der Waals surface area contributed by atoms with Gasteiger partial charge in [-0.2, -0.15) is 0 Å². The first kappa shape index (κ1) is 9.53. The molecule has 2 nitrogen and oxygen atoms in total. The van der Waals surface area contributed by atoms with Crippen molar-refractivity contribution in [2.75, 3.05) is 13.1 Å². The van der Waals surface area contributed by atoms with Crippen LogP contribution in [0.15, 0.2) is 0 Å². The van der Waals surface area contributed by atoms with E-state index in [4.69, 9.17) is 7.85 Å². The molecule has 0 rings (SSSR count). The van der Waals surface area contributed by atoms with E-state index in [1.165, 1.54) is 0 Å². The highest BCUT2D eigenvalue weighted by atomic mass is 16.2. The highest BCUT2D eigenvalue weighted by Crippen LogP contribution is 1.93. The van der Waals surface area contributed by atoms with Gasteiger partial charge >= 0.3 is 0 Å². The minimum absolute atomic E-state index is 0.0457. The van der Waals surface area contributed by atoms with Gasteiger partial charge in [-0.05, 0) is 19.7 Å². The van der Waals surface area contributed by atoms with E-state index in [1.807, 2.05) is 13.8 Å². The molecule has 0 aliphatic carbocycles. The topological polar surface area (TPSA) is 20.3 Å². The molecule has 10 heavy (non-hydrogen) atoms. The molecule has 0 unspecified atom stereocenters. The Morgan fingerprint density at radius 2 is 2.10 bits per heavy atom. The fourth-order valence-electron chi connectivity index (χ4n) is 0.858. The average molecular weight is 139 g/mol. The summed E-state index contributed by atoms with van der Waals surface area (Å²) < 4.78 is 0. The molecule has 0 N–H and O–H groups in total. The summed E-state index contributed by atoms with van der Waals surface area (Å²) in [7, 11) is 5.19. The third-order valence-electron chi connectivity index (χ3n) is 1.40. The molecule has 0 aromatic rings. The third-order valence-corrected chi connectivity index (χ3v) is 1.40. The molecule has 2 radical (unpaired) electrons. The van der Waals surface area contributed by atoms with Gasteiger partial charge in [0.1, 0.15) is 0 Å². The molecule has 0 spiro atoms. The summed E-state index contributed by atoms with van der Waals surface area (Å²) in [4.78, 5) is 12.7. The van der Waals surface area contributed by atoms with Gasteiger partial charge in [-0.25, -0.2) is 0 Å². The van der Waals surface area contributed by atoms with E-state index in [0.29, 0.717) is 0 Å².